The first-order chi connectivity index (χ1) is 14.2. The molecule has 0 aliphatic rings. The molecule has 1 amide bonds. The first-order valence-electron chi connectivity index (χ1n) is 12.6. The molecule has 29 heavy (non-hydrogen) atoms. The van der Waals surface area contributed by atoms with Crippen molar-refractivity contribution < 1.29 is 9.59 Å². The van der Waals surface area contributed by atoms with Crippen molar-refractivity contribution in [3.05, 3.63) is 0 Å². The van der Waals surface area contributed by atoms with E-state index in [-0.39, 0.29) is 11.9 Å². The maximum atomic E-state index is 12.0. The summed E-state index contributed by atoms with van der Waals surface area (Å²) in [6.45, 7) is 4.43. The number of nitrogens with one attached hydrogen (secondary N) is 1. The third-order valence-electron chi connectivity index (χ3n) is 5.44. The van der Waals surface area contributed by atoms with Gasteiger partial charge in [0.2, 0.25) is 5.91 Å². The van der Waals surface area contributed by atoms with Crippen LogP contribution in [0.2, 0.25) is 0 Å². The van der Waals surface area contributed by atoms with Gasteiger partial charge in [-0.1, -0.05) is 104 Å². The maximum Gasteiger partial charge on any atom is 0.220 e. The van der Waals surface area contributed by atoms with Gasteiger partial charge < -0.3 is 10.1 Å². The highest BCUT2D eigenvalue weighted by Gasteiger charge is 2.10. The zero-order chi connectivity index (χ0) is 21.4. The number of carbonyl (C=O) groups excluding carboxylic acids is 2. The van der Waals surface area contributed by atoms with E-state index < -0.39 is 0 Å². The Morgan fingerprint density at radius 2 is 1.21 bits per heavy atom. The molecule has 0 aliphatic carbocycles. The molecule has 3 nitrogen and oxygen atoms in total. The lowest BCUT2D eigenvalue weighted by molar-refractivity contribution is -0.124. The lowest BCUT2D eigenvalue weighted by Crippen LogP contribution is -2.36. The molecular weight excluding hydrogens is 378 g/mol. The summed E-state index contributed by atoms with van der Waals surface area (Å²) in [5.41, 5.74) is 0. The molecule has 0 aliphatic heterocycles. The Bertz CT molecular complexity index is 363. The molecule has 1 atom stereocenters. The topological polar surface area (TPSA) is 46.2 Å². The van der Waals surface area contributed by atoms with Gasteiger partial charge in [-0.2, -0.15) is 11.8 Å². The predicted octanol–water partition coefficient (Wildman–Crippen LogP) is 7.46. The van der Waals surface area contributed by atoms with Crippen molar-refractivity contribution in [2.24, 2.45) is 0 Å². The van der Waals surface area contributed by atoms with Crippen LogP contribution in [0.5, 0.6) is 0 Å². The van der Waals surface area contributed by atoms with E-state index in [4.69, 9.17) is 0 Å². The second-order valence-corrected chi connectivity index (χ2v) is 9.64. The van der Waals surface area contributed by atoms with Crippen molar-refractivity contribution in [2.45, 2.75) is 135 Å². The lowest BCUT2D eigenvalue weighted by atomic mass is 10.0. The van der Waals surface area contributed by atoms with E-state index in [0.717, 1.165) is 43.5 Å². The van der Waals surface area contributed by atoms with Gasteiger partial charge in [-0.05, 0) is 30.8 Å². The number of thioether (sulfide) groups is 1. The van der Waals surface area contributed by atoms with Gasteiger partial charge in [0.25, 0.3) is 0 Å². The molecule has 4 heteroatoms. The Labute approximate surface area is 185 Å². The molecule has 1 unspecified atom stereocenters. The molecule has 0 spiro atoms. The highest BCUT2D eigenvalue weighted by Crippen LogP contribution is 2.13. The molecule has 172 valence electrons. The van der Waals surface area contributed by atoms with E-state index in [9.17, 15) is 9.59 Å². The summed E-state index contributed by atoms with van der Waals surface area (Å²) in [7, 11) is 0. The summed E-state index contributed by atoms with van der Waals surface area (Å²) in [5, 5.41) is 2.87. The highest BCUT2D eigenvalue weighted by molar-refractivity contribution is 7.99. The smallest absolute Gasteiger partial charge is 0.220 e. The van der Waals surface area contributed by atoms with Crippen molar-refractivity contribution in [1.82, 2.24) is 5.32 Å². The lowest BCUT2D eigenvalue weighted by Gasteiger charge is -2.12. The summed E-state index contributed by atoms with van der Waals surface area (Å²) in [6.07, 6.45) is 23.3. The Balaban J connectivity index is 3.34. The molecule has 0 radical (unpaired) electrons. The van der Waals surface area contributed by atoms with Crippen LogP contribution < -0.4 is 5.32 Å². The molecule has 0 rings (SSSR count). The minimum Gasteiger partial charge on any atom is -0.347 e. The first-order valence-corrected chi connectivity index (χ1v) is 13.7. The summed E-state index contributed by atoms with van der Waals surface area (Å²) in [5.74, 6) is 2.10. The van der Waals surface area contributed by atoms with Crippen LogP contribution in [0.1, 0.15) is 129 Å². The average molecular weight is 428 g/mol. The van der Waals surface area contributed by atoms with Crippen molar-refractivity contribution in [1.29, 1.82) is 0 Å². The molecule has 0 fully saturated rings. The molecule has 0 aromatic rings. The van der Waals surface area contributed by atoms with Gasteiger partial charge >= 0.3 is 0 Å². The SMILES string of the molecule is CCCCCCCCCCCCCCCCCC(=O)NC(C=O)CCSCCC. The van der Waals surface area contributed by atoms with Crippen LogP contribution in [0.25, 0.3) is 0 Å². The van der Waals surface area contributed by atoms with Crippen LogP contribution in [0.4, 0.5) is 0 Å². The van der Waals surface area contributed by atoms with Crippen LogP contribution in [0, 0.1) is 0 Å². The van der Waals surface area contributed by atoms with Crippen LogP contribution in [0.3, 0.4) is 0 Å². The van der Waals surface area contributed by atoms with Crippen molar-refractivity contribution in [3.63, 3.8) is 0 Å². The van der Waals surface area contributed by atoms with Gasteiger partial charge in [0, 0.05) is 6.42 Å². The van der Waals surface area contributed by atoms with Crippen LogP contribution in [0.15, 0.2) is 0 Å². The van der Waals surface area contributed by atoms with Crippen molar-refractivity contribution in [2.75, 3.05) is 11.5 Å². The standard InChI is InChI=1S/C25H49NO2S/c1-3-5-6-7-8-9-10-11-12-13-14-15-16-17-18-19-25(28)26-24(23-27)20-22-29-21-4-2/h23-24H,3-22H2,1-2H3,(H,26,28). The molecule has 0 aromatic carbocycles. The summed E-state index contributed by atoms with van der Waals surface area (Å²) >= 11 is 1.85. The molecule has 0 heterocycles. The number of hydrogen-bond acceptors (Lipinski definition) is 3. The monoisotopic (exact) mass is 427 g/mol. The minimum absolute atomic E-state index is 0.0392. The van der Waals surface area contributed by atoms with E-state index in [0.29, 0.717) is 6.42 Å². The first kappa shape index (κ1) is 28.5. The van der Waals surface area contributed by atoms with E-state index in [2.05, 4.69) is 19.2 Å². The molecule has 0 bridgehead atoms. The molecule has 0 saturated heterocycles. The van der Waals surface area contributed by atoms with Gasteiger partial charge in [0.15, 0.2) is 0 Å². The predicted molar refractivity (Wildman–Crippen MR) is 130 cm³/mol. The zero-order valence-corrected chi connectivity index (χ0v) is 20.3. The fourth-order valence-electron chi connectivity index (χ4n) is 3.57. The van der Waals surface area contributed by atoms with E-state index in [1.54, 1.807) is 0 Å². The summed E-state index contributed by atoms with van der Waals surface area (Å²) in [4.78, 5) is 23.1. The Hall–Kier alpha value is -0.510. The van der Waals surface area contributed by atoms with E-state index >= 15 is 0 Å². The number of unbranched alkanes of at least 4 members (excludes halogenated alkanes) is 14. The van der Waals surface area contributed by atoms with Crippen LogP contribution in [-0.4, -0.2) is 29.7 Å². The summed E-state index contributed by atoms with van der Waals surface area (Å²) < 4.78 is 0. The van der Waals surface area contributed by atoms with Crippen LogP contribution in [-0.2, 0) is 9.59 Å². The number of hydrogen-bond donors (Lipinski definition) is 1. The number of rotatable bonds is 23. The molecule has 0 saturated carbocycles. The van der Waals surface area contributed by atoms with Gasteiger partial charge in [0.1, 0.15) is 6.29 Å². The Morgan fingerprint density at radius 3 is 1.66 bits per heavy atom. The maximum absolute atomic E-state index is 12.0. The number of aldehydes is 1. The van der Waals surface area contributed by atoms with Crippen molar-refractivity contribution in [3.8, 4) is 0 Å². The van der Waals surface area contributed by atoms with Gasteiger partial charge in [0.05, 0.1) is 6.04 Å². The fourth-order valence-corrected chi connectivity index (χ4v) is 4.48. The largest absolute Gasteiger partial charge is 0.347 e. The molecule has 1 N–H and O–H groups in total. The Kier molecular flexibility index (Phi) is 23.3. The molecule has 0 aromatic heterocycles. The third kappa shape index (κ3) is 22.0. The number of amides is 1. The quantitative estimate of drug-likeness (QED) is 0.136. The molecular formula is C25H49NO2S. The van der Waals surface area contributed by atoms with Crippen LogP contribution >= 0.6 is 11.8 Å². The average Bonchev–Trinajstić information content (AvgIpc) is 2.73. The second-order valence-electron chi connectivity index (χ2n) is 8.41. The number of carbonyl (C=O) groups is 2. The van der Waals surface area contributed by atoms with Crippen molar-refractivity contribution >= 4 is 24.0 Å². The minimum atomic E-state index is -0.303. The zero-order valence-electron chi connectivity index (χ0n) is 19.5. The Morgan fingerprint density at radius 1 is 0.724 bits per heavy atom. The van der Waals surface area contributed by atoms with E-state index in [1.165, 1.54) is 83.5 Å². The van der Waals surface area contributed by atoms with Gasteiger partial charge in [-0.3, -0.25) is 4.79 Å². The normalized spacial score (nSPS) is 12.1. The summed E-state index contributed by atoms with van der Waals surface area (Å²) in [6, 6.07) is -0.303. The fraction of sp³-hybridized carbons (Fsp3) is 0.920. The third-order valence-corrected chi connectivity index (χ3v) is 6.66. The highest BCUT2D eigenvalue weighted by atomic mass is 32.2. The van der Waals surface area contributed by atoms with Gasteiger partial charge in [-0.15, -0.1) is 0 Å². The van der Waals surface area contributed by atoms with E-state index in [1.807, 2.05) is 11.8 Å². The van der Waals surface area contributed by atoms with Gasteiger partial charge in [-0.25, -0.2) is 0 Å². The second kappa shape index (κ2) is 23.8.